The Morgan fingerprint density at radius 2 is 1.76 bits per heavy atom. The minimum absolute atomic E-state index is 0.138. The number of thiophene rings is 1. The molecule has 0 bridgehead atoms. The lowest BCUT2D eigenvalue weighted by Gasteiger charge is -2.17. The number of fused-ring (bicyclic) bond motifs is 1. The third-order valence-corrected chi connectivity index (χ3v) is 7.96. The summed E-state index contributed by atoms with van der Waals surface area (Å²) >= 11 is 1.25. The van der Waals surface area contributed by atoms with Crippen LogP contribution in [0.15, 0.2) is 103 Å². The van der Waals surface area contributed by atoms with E-state index >= 15 is 0 Å². The van der Waals surface area contributed by atoms with E-state index in [-0.39, 0.29) is 11.8 Å². The van der Waals surface area contributed by atoms with Crippen molar-refractivity contribution in [1.82, 2.24) is 19.5 Å². The molecule has 42 heavy (non-hydrogen) atoms. The molecule has 4 heterocycles. The molecule has 6 rings (SSSR count). The van der Waals surface area contributed by atoms with Crippen molar-refractivity contribution in [3.05, 3.63) is 125 Å². The van der Waals surface area contributed by atoms with E-state index in [1.54, 1.807) is 48.5 Å². The number of aryl methyl sites for hydroxylation is 2. The van der Waals surface area contributed by atoms with Crippen LogP contribution in [0.1, 0.15) is 25.7 Å². The molecule has 0 aliphatic carbocycles. The number of hydrogen-bond acceptors (Lipinski definition) is 6. The van der Waals surface area contributed by atoms with Crippen molar-refractivity contribution in [3.63, 3.8) is 0 Å². The summed E-state index contributed by atoms with van der Waals surface area (Å²) in [6.45, 7) is 0.521. The van der Waals surface area contributed by atoms with Crippen LogP contribution in [0.5, 0.6) is 0 Å². The van der Waals surface area contributed by atoms with E-state index in [1.165, 1.54) is 23.6 Å². The lowest BCUT2D eigenvalue weighted by molar-refractivity contribution is 0.0991. The van der Waals surface area contributed by atoms with Gasteiger partial charge in [-0.25, -0.2) is 9.97 Å². The lowest BCUT2D eigenvalue weighted by atomic mass is 10.2. The van der Waals surface area contributed by atoms with Gasteiger partial charge in [-0.2, -0.15) is 4.39 Å². The van der Waals surface area contributed by atoms with Gasteiger partial charge in [-0.1, -0.05) is 24.3 Å². The van der Waals surface area contributed by atoms with Crippen LogP contribution in [0.25, 0.3) is 21.5 Å². The number of benzene rings is 2. The second-order valence-electron chi connectivity index (χ2n) is 9.55. The molecular formula is C32H25FN6O2S. The summed E-state index contributed by atoms with van der Waals surface area (Å²) in [5.41, 5.74) is 4.26. The fraction of sp³-hybridized carbons (Fsp3) is 0.0938. The Kier molecular flexibility index (Phi) is 7.52. The minimum atomic E-state index is -0.580. The fourth-order valence-corrected chi connectivity index (χ4v) is 5.54. The summed E-state index contributed by atoms with van der Waals surface area (Å²) in [4.78, 5) is 42.0. The van der Waals surface area contributed by atoms with Crippen LogP contribution in [-0.4, -0.2) is 38.4 Å². The van der Waals surface area contributed by atoms with Crippen molar-refractivity contribution in [2.45, 2.75) is 13.0 Å². The van der Waals surface area contributed by atoms with Gasteiger partial charge < -0.3 is 9.47 Å². The number of carbonyl (C=O) groups is 2. The fourth-order valence-electron chi connectivity index (χ4n) is 4.65. The van der Waals surface area contributed by atoms with Crippen LogP contribution < -0.4 is 10.2 Å². The van der Waals surface area contributed by atoms with E-state index < -0.39 is 5.95 Å². The van der Waals surface area contributed by atoms with Crippen molar-refractivity contribution < 1.29 is 14.0 Å². The number of imidazole rings is 1. The van der Waals surface area contributed by atoms with Crippen LogP contribution >= 0.6 is 11.3 Å². The second-order valence-corrected chi connectivity index (χ2v) is 10.6. The highest BCUT2D eigenvalue weighted by Crippen LogP contribution is 2.30. The zero-order chi connectivity index (χ0) is 29.1. The molecule has 0 fully saturated rings. The molecule has 208 valence electrons. The Balaban J connectivity index is 1.31. The number of carbonyl (C=O) groups excluding carboxylic acids is 2. The van der Waals surface area contributed by atoms with Crippen molar-refractivity contribution >= 4 is 45.8 Å². The molecular weight excluding hydrogens is 551 g/mol. The zero-order valence-corrected chi connectivity index (χ0v) is 23.4. The number of aromatic nitrogens is 4. The lowest BCUT2D eigenvalue weighted by Crippen LogP contribution is -2.26. The van der Waals surface area contributed by atoms with Gasteiger partial charge in [0.05, 0.1) is 15.9 Å². The molecule has 0 unspecified atom stereocenters. The Morgan fingerprint density at radius 3 is 2.55 bits per heavy atom. The number of hydrogen-bond donors (Lipinski definition) is 1. The van der Waals surface area contributed by atoms with Crippen molar-refractivity contribution in [2.24, 2.45) is 0 Å². The quantitative estimate of drug-likeness (QED) is 0.210. The number of pyridine rings is 2. The van der Waals surface area contributed by atoms with Crippen LogP contribution in [-0.2, 0) is 13.0 Å². The predicted molar refractivity (Wildman–Crippen MR) is 162 cm³/mol. The van der Waals surface area contributed by atoms with Gasteiger partial charge >= 0.3 is 0 Å². The first-order valence-corrected chi connectivity index (χ1v) is 14.0. The first kappa shape index (κ1) is 27.0. The number of amides is 2. The monoisotopic (exact) mass is 576 g/mol. The maximum atomic E-state index is 13.6. The maximum Gasteiger partial charge on any atom is 0.268 e. The summed E-state index contributed by atoms with van der Waals surface area (Å²) in [6, 6.07) is 27.0. The molecule has 2 amide bonds. The topological polar surface area (TPSA) is 93.0 Å². The molecule has 0 aliphatic heterocycles. The normalized spacial score (nSPS) is 11.0. The summed E-state index contributed by atoms with van der Waals surface area (Å²) in [5.74, 6) is -0.665. The first-order valence-electron chi connectivity index (χ1n) is 13.2. The van der Waals surface area contributed by atoms with Crippen molar-refractivity contribution in [1.29, 1.82) is 0 Å². The highest BCUT2D eigenvalue weighted by atomic mass is 32.1. The third-order valence-electron chi connectivity index (χ3n) is 6.83. The van der Waals surface area contributed by atoms with Gasteiger partial charge in [0.15, 0.2) is 0 Å². The molecule has 0 saturated heterocycles. The van der Waals surface area contributed by atoms with Gasteiger partial charge in [0.25, 0.3) is 11.8 Å². The molecule has 1 N–H and O–H groups in total. The van der Waals surface area contributed by atoms with E-state index in [1.807, 2.05) is 59.2 Å². The van der Waals surface area contributed by atoms with Crippen LogP contribution in [0.2, 0.25) is 0 Å². The predicted octanol–water partition coefficient (Wildman–Crippen LogP) is 6.47. The standard InChI is InChI=1S/C32H25FN6O2S/c1-38(31(41)21-7-3-2-4-8-21)24-10-11-26-25(20-24)36-32(39(26)18-15-23-9-5-6-16-34-23)37-30(40)28-13-12-27(42-28)22-14-17-35-29(33)19-22/h2-14,16-17,19-20H,15,18H2,1H3,(H,36,37,40). The van der Waals surface area contributed by atoms with Gasteiger partial charge in [0.1, 0.15) is 0 Å². The number of anilines is 2. The third kappa shape index (κ3) is 5.65. The molecule has 10 heteroatoms. The van der Waals surface area contributed by atoms with Gasteiger partial charge in [0, 0.05) is 60.3 Å². The van der Waals surface area contributed by atoms with Gasteiger partial charge in [0.2, 0.25) is 11.9 Å². The van der Waals surface area contributed by atoms with E-state index in [0.717, 1.165) is 16.1 Å². The summed E-state index contributed by atoms with van der Waals surface area (Å²) < 4.78 is 15.6. The van der Waals surface area contributed by atoms with Gasteiger partial charge in [-0.3, -0.25) is 19.9 Å². The van der Waals surface area contributed by atoms with Gasteiger partial charge in [-0.15, -0.1) is 11.3 Å². The number of nitrogens with zero attached hydrogens (tertiary/aromatic N) is 5. The largest absolute Gasteiger partial charge is 0.311 e. The van der Waals surface area contributed by atoms with Crippen LogP contribution in [0, 0.1) is 5.95 Å². The molecule has 0 saturated carbocycles. The Labute approximate surface area is 245 Å². The van der Waals surface area contributed by atoms with Crippen LogP contribution in [0.3, 0.4) is 0 Å². The average molecular weight is 577 g/mol. The first-order chi connectivity index (χ1) is 20.5. The summed E-state index contributed by atoms with van der Waals surface area (Å²) in [6.07, 6.45) is 3.77. The number of nitrogens with one attached hydrogen (secondary N) is 1. The second kappa shape index (κ2) is 11.7. The zero-order valence-electron chi connectivity index (χ0n) is 22.6. The van der Waals surface area contributed by atoms with E-state index in [0.29, 0.717) is 46.1 Å². The summed E-state index contributed by atoms with van der Waals surface area (Å²) in [7, 11) is 1.72. The molecule has 0 atom stereocenters. The summed E-state index contributed by atoms with van der Waals surface area (Å²) in [5, 5.41) is 2.96. The van der Waals surface area contributed by atoms with Crippen LogP contribution in [0.4, 0.5) is 16.0 Å². The molecule has 0 radical (unpaired) electrons. The van der Waals surface area contributed by atoms with Crippen molar-refractivity contribution in [2.75, 3.05) is 17.3 Å². The minimum Gasteiger partial charge on any atom is -0.311 e. The molecule has 6 aromatic rings. The number of rotatable bonds is 8. The molecule has 8 nitrogen and oxygen atoms in total. The SMILES string of the molecule is CN(C(=O)c1ccccc1)c1ccc2c(c1)nc(NC(=O)c1ccc(-c3ccnc(F)c3)s1)n2CCc1ccccn1. The Morgan fingerprint density at radius 1 is 0.929 bits per heavy atom. The number of halogens is 1. The Hall–Kier alpha value is -5.22. The smallest absolute Gasteiger partial charge is 0.268 e. The van der Waals surface area contributed by atoms with E-state index in [9.17, 15) is 14.0 Å². The molecule has 4 aromatic heterocycles. The van der Waals surface area contributed by atoms with E-state index in [4.69, 9.17) is 4.98 Å². The average Bonchev–Trinajstić information content (AvgIpc) is 3.65. The Bertz CT molecular complexity index is 1890. The molecule has 2 aromatic carbocycles. The van der Waals surface area contributed by atoms with Crippen molar-refractivity contribution in [3.8, 4) is 10.4 Å². The highest BCUT2D eigenvalue weighted by Gasteiger charge is 2.19. The molecule has 0 aliphatic rings. The molecule has 0 spiro atoms. The van der Waals surface area contributed by atoms with E-state index in [2.05, 4.69) is 15.3 Å². The highest BCUT2D eigenvalue weighted by molar-refractivity contribution is 7.17. The maximum absolute atomic E-state index is 13.6. The van der Waals surface area contributed by atoms with Gasteiger partial charge in [-0.05, 0) is 66.2 Å².